The molecule has 25 heavy (non-hydrogen) atoms. The highest BCUT2D eigenvalue weighted by molar-refractivity contribution is 6.04. The number of benzene rings is 3. The number of furan rings is 1. The molecule has 2 unspecified atom stereocenters. The lowest BCUT2D eigenvalue weighted by molar-refractivity contribution is 0.433. The highest BCUT2D eigenvalue weighted by atomic mass is 16.3. The van der Waals surface area contributed by atoms with Crippen LogP contribution < -0.4 is 10.6 Å². The highest BCUT2D eigenvalue weighted by Crippen LogP contribution is 2.31. The van der Waals surface area contributed by atoms with Gasteiger partial charge in [0.2, 0.25) is 0 Å². The molecule has 0 saturated heterocycles. The minimum Gasteiger partial charge on any atom is -0.456 e. The predicted molar refractivity (Wildman–Crippen MR) is 101 cm³/mol. The zero-order valence-electron chi connectivity index (χ0n) is 13.6. The van der Waals surface area contributed by atoms with Gasteiger partial charge < -0.3 is 9.73 Å². The molecule has 3 heteroatoms. The fourth-order valence-electron chi connectivity index (χ4n) is 3.51. The lowest BCUT2D eigenvalue weighted by atomic mass is 10.0. The van der Waals surface area contributed by atoms with Gasteiger partial charge in [-0.3, -0.25) is 5.32 Å². The van der Waals surface area contributed by atoms with E-state index in [9.17, 15) is 0 Å². The topological polar surface area (TPSA) is 37.2 Å². The molecule has 1 aromatic heterocycles. The van der Waals surface area contributed by atoms with Gasteiger partial charge in [0.05, 0.1) is 6.04 Å². The molecule has 4 aromatic rings. The minimum absolute atomic E-state index is 0.0489. The zero-order valence-corrected chi connectivity index (χ0v) is 13.6. The fraction of sp³-hybridized carbons (Fsp3) is 0.0909. The molecule has 0 bridgehead atoms. The third-order valence-electron chi connectivity index (χ3n) is 4.79. The highest BCUT2D eigenvalue weighted by Gasteiger charge is 2.20. The third kappa shape index (κ3) is 2.49. The van der Waals surface area contributed by atoms with E-state index in [4.69, 9.17) is 4.42 Å². The molecule has 3 aromatic carbocycles. The van der Waals surface area contributed by atoms with Gasteiger partial charge >= 0.3 is 0 Å². The van der Waals surface area contributed by atoms with E-state index in [1.807, 2.05) is 30.5 Å². The average Bonchev–Trinajstić information content (AvgIpc) is 3.06. The van der Waals surface area contributed by atoms with Crippen molar-refractivity contribution in [3.63, 3.8) is 0 Å². The molecule has 2 atom stereocenters. The second kappa shape index (κ2) is 5.80. The molecule has 0 radical (unpaired) electrons. The number of rotatable bonds is 2. The molecule has 3 nitrogen and oxygen atoms in total. The second-order valence-corrected chi connectivity index (χ2v) is 6.37. The van der Waals surface area contributed by atoms with Gasteiger partial charge in [-0.25, -0.2) is 0 Å². The van der Waals surface area contributed by atoms with Gasteiger partial charge in [-0.05, 0) is 35.5 Å². The van der Waals surface area contributed by atoms with E-state index in [2.05, 4.69) is 65.2 Å². The number of nitrogens with one attached hydrogen (secondary N) is 2. The average molecular weight is 326 g/mol. The summed E-state index contributed by atoms with van der Waals surface area (Å²) >= 11 is 0. The van der Waals surface area contributed by atoms with E-state index in [1.165, 1.54) is 5.56 Å². The first kappa shape index (κ1) is 14.3. The van der Waals surface area contributed by atoms with Crippen molar-refractivity contribution in [3.05, 3.63) is 96.2 Å². The summed E-state index contributed by atoms with van der Waals surface area (Å²) in [6, 6.07) is 25.3. The smallest absolute Gasteiger partial charge is 0.135 e. The summed E-state index contributed by atoms with van der Waals surface area (Å²) in [5.74, 6) is 0. The van der Waals surface area contributed by atoms with Crippen molar-refractivity contribution in [2.45, 2.75) is 12.2 Å². The number of hydrogen-bond acceptors (Lipinski definition) is 3. The summed E-state index contributed by atoms with van der Waals surface area (Å²) in [6.07, 6.45) is 4.22. The van der Waals surface area contributed by atoms with Crippen molar-refractivity contribution >= 4 is 21.9 Å². The van der Waals surface area contributed by atoms with E-state index in [0.717, 1.165) is 27.5 Å². The van der Waals surface area contributed by atoms with E-state index < -0.39 is 0 Å². The molecule has 0 saturated carbocycles. The van der Waals surface area contributed by atoms with Crippen LogP contribution in [0.3, 0.4) is 0 Å². The van der Waals surface area contributed by atoms with Crippen molar-refractivity contribution in [2.24, 2.45) is 0 Å². The first-order chi connectivity index (χ1) is 12.4. The van der Waals surface area contributed by atoms with Crippen LogP contribution >= 0.6 is 0 Å². The molecule has 2 heterocycles. The maximum absolute atomic E-state index is 6.02. The van der Waals surface area contributed by atoms with Crippen LogP contribution in [0.15, 0.2) is 89.5 Å². The summed E-state index contributed by atoms with van der Waals surface area (Å²) in [6.45, 7) is 0. The molecule has 0 aliphatic carbocycles. The molecule has 122 valence electrons. The molecule has 0 amide bonds. The van der Waals surface area contributed by atoms with Gasteiger partial charge in [0.15, 0.2) is 0 Å². The van der Waals surface area contributed by atoms with E-state index in [-0.39, 0.29) is 12.2 Å². The van der Waals surface area contributed by atoms with Gasteiger partial charge in [0, 0.05) is 10.8 Å². The molecule has 5 rings (SSSR count). The minimum atomic E-state index is 0.0489. The first-order valence-corrected chi connectivity index (χ1v) is 8.53. The van der Waals surface area contributed by atoms with Crippen LogP contribution in [0, 0.1) is 0 Å². The Morgan fingerprint density at radius 3 is 2.44 bits per heavy atom. The van der Waals surface area contributed by atoms with E-state index in [1.54, 1.807) is 0 Å². The standard InChI is InChI=1S/C22H18N2O/c1-2-6-15(7-3-1)19-12-13-23-22(24-19)16-10-11-18-17-8-4-5-9-20(17)25-21(18)14-16/h1-14,19,22-24H. The Labute approximate surface area is 146 Å². The molecular weight excluding hydrogens is 308 g/mol. The van der Waals surface area contributed by atoms with Crippen molar-refractivity contribution in [1.29, 1.82) is 0 Å². The van der Waals surface area contributed by atoms with E-state index in [0.29, 0.717) is 0 Å². The van der Waals surface area contributed by atoms with Gasteiger partial charge in [-0.15, -0.1) is 0 Å². The summed E-state index contributed by atoms with van der Waals surface area (Å²) in [5.41, 5.74) is 4.28. The van der Waals surface area contributed by atoms with Crippen LogP contribution in [0.4, 0.5) is 0 Å². The van der Waals surface area contributed by atoms with Gasteiger partial charge in [-0.1, -0.05) is 60.7 Å². The van der Waals surface area contributed by atoms with Crippen LogP contribution in [-0.2, 0) is 0 Å². The lowest BCUT2D eigenvalue weighted by Gasteiger charge is -2.29. The van der Waals surface area contributed by atoms with Crippen molar-refractivity contribution in [2.75, 3.05) is 0 Å². The Hall–Kier alpha value is -3.04. The summed E-state index contributed by atoms with van der Waals surface area (Å²) in [7, 11) is 0. The van der Waals surface area contributed by atoms with E-state index >= 15 is 0 Å². The molecule has 1 aliphatic rings. The van der Waals surface area contributed by atoms with Crippen LogP contribution in [0.2, 0.25) is 0 Å². The SMILES string of the molecule is C1=CC(c2ccccc2)NC(c2ccc3c(c2)oc2ccccc23)N1. The van der Waals surface area contributed by atoms with Gasteiger partial charge in [0.1, 0.15) is 17.3 Å². The summed E-state index contributed by atoms with van der Waals surface area (Å²) in [4.78, 5) is 0. The Bertz CT molecular complexity index is 1070. The Morgan fingerprint density at radius 1 is 0.720 bits per heavy atom. The van der Waals surface area contributed by atoms with Crippen molar-refractivity contribution in [3.8, 4) is 0 Å². The third-order valence-corrected chi connectivity index (χ3v) is 4.79. The van der Waals surface area contributed by atoms with Crippen molar-refractivity contribution < 1.29 is 4.42 Å². The Morgan fingerprint density at radius 2 is 1.52 bits per heavy atom. The number of hydrogen-bond donors (Lipinski definition) is 2. The monoisotopic (exact) mass is 326 g/mol. The number of para-hydroxylation sites is 1. The van der Waals surface area contributed by atoms with Gasteiger partial charge in [0.25, 0.3) is 0 Å². The number of fused-ring (bicyclic) bond motifs is 3. The fourth-order valence-corrected chi connectivity index (χ4v) is 3.51. The molecule has 0 spiro atoms. The first-order valence-electron chi connectivity index (χ1n) is 8.53. The Balaban J connectivity index is 1.50. The quantitative estimate of drug-likeness (QED) is 0.542. The largest absolute Gasteiger partial charge is 0.456 e. The van der Waals surface area contributed by atoms with Gasteiger partial charge in [-0.2, -0.15) is 0 Å². The molecule has 1 aliphatic heterocycles. The van der Waals surface area contributed by atoms with Crippen molar-refractivity contribution in [1.82, 2.24) is 10.6 Å². The second-order valence-electron chi connectivity index (χ2n) is 6.37. The summed E-state index contributed by atoms with van der Waals surface area (Å²) < 4.78 is 6.02. The molecular formula is C22H18N2O. The maximum atomic E-state index is 6.02. The molecule has 0 fully saturated rings. The zero-order chi connectivity index (χ0) is 16.6. The Kier molecular flexibility index (Phi) is 3.32. The lowest BCUT2D eigenvalue weighted by Crippen LogP contribution is -2.37. The normalized spacial score (nSPS) is 20.0. The predicted octanol–water partition coefficient (Wildman–Crippen LogP) is 5.03. The molecule has 2 N–H and O–H groups in total. The van der Waals surface area contributed by atoms with Crippen LogP contribution in [0.25, 0.3) is 21.9 Å². The van der Waals surface area contributed by atoms with Crippen LogP contribution in [-0.4, -0.2) is 0 Å². The van der Waals surface area contributed by atoms with Crippen LogP contribution in [0.1, 0.15) is 23.3 Å². The maximum Gasteiger partial charge on any atom is 0.135 e. The summed E-state index contributed by atoms with van der Waals surface area (Å²) in [5, 5.41) is 9.37. The van der Waals surface area contributed by atoms with Crippen LogP contribution in [0.5, 0.6) is 0 Å².